The SMILES string of the molecule is CNc1ccc(Nc2c3c(c(C)c4nc5c6ccccc6c6ccccc6c5nc24)OCCO3)cc1. The number of nitrogens with one attached hydrogen (secondary N) is 2. The van der Waals surface area contributed by atoms with Gasteiger partial charge in [0, 0.05) is 34.8 Å². The molecule has 0 saturated carbocycles. The summed E-state index contributed by atoms with van der Waals surface area (Å²) in [5.74, 6) is 1.41. The molecule has 0 atom stereocenters. The van der Waals surface area contributed by atoms with Crippen LogP contribution in [0.25, 0.3) is 43.6 Å². The number of ether oxygens (including phenoxy) is 2. The highest BCUT2D eigenvalue weighted by Gasteiger charge is 2.26. The first-order chi connectivity index (χ1) is 17.7. The summed E-state index contributed by atoms with van der Waals surface area (Å²) in [6.45, 7) is 3.02. The minimum absolute atomic E-state index is 0.486. The lowest BCUT2D eigenvalue weighted by molar-refractivity contribution is 0.172. The third kappa shape index (κ3) is 3.04. The minimum Gasteiger partial charge on any atom is -0.486 e. The topological polar surface area (TPSA) is 68.3 Å². The van der Waals surface area contributed by atoms with Gasteiger partial charge in [-0.3, -0.25) is 0 Å². The fourth-order valence-corrected chi connectivity index (χ4v) is 5.17. The second-order valence-corrected chi connectivity index (χ2v) is 9.02. The van der Waals surface area contributed by atoms with Gasteiger partial charge in [-0.2, -0.15) is 0 Å². The van der Waals surface area contributed by atoms with E-state index in [0.29, 0.717) is 19.0 Å². The summed E-state index contributed by atoms with van der Waals surface area (Å²) in [6, 6.07) is 24.9. The van der Waals surface area contributed by atoms with E-state index in [0.717, 1.165) is 61.2 Å². The van der Waals surface area contributed by atoms with Gasteiger partial charge in [0.05, 0.1) is 16.6 Å². The largest absolute Gasteiger partial charge is 0.486 e. The highest BCUT2D eigenvalue weighted by molar-refractivity contribution is 6.24. The lowest BCUT2D eigenvalue weighted by atomic mass is 9.99. The van der Waals surface area contributed by atoms with Crippen LogP contribution in [0.1, 0.15) is 5.56 Å². The summed E-state index contributed by atoms with van der Waals surface area (Å²) < 4.78 is 12.3. The molecular formula is C30H24N4O2. The van der Waals surface area contributed by atoms with E-state index in [1.807, 2.05) is 38.2 Å². The van der Waals surface area contributed by atoms with Crippen LogP contribution in [0.5, 0.6) is 11.5 Å². The lowest BCUT2D eigenvalue weighted by Crippen LogP contribution is -2.18. The number of nitrogens with zero attached hydrogens (tertiary/aromatic N) is 2. The van der Waals surface area contributed by atoms with E-state index in [9.17, 15) is 0 Å². The molecule has 6 nitrogen and oxygen atoms in total. The fourth-order valence-electron chi connectivity index (χ4n) is 5.17. The van der Waals surface area contributed by atoms with Gasteiger partial charge in [-0.1, -0.05) is 48.5 Å². The zero-order valence-corrected chi connectivity index (χ0v) is 20.1. The molecule has 1 aliphatic heterocycles. The van der Waals surface area contributed by atoms with Crippen molar-refractivity contribution in [3.63, 3.8) is 0 Å². The minimum atomic E-state index is 0.486. The van der Waals surface area contributed by atoms with Crippen molar-refractivity contribution in [3.8, 4) is 11.5 Å². The van der Waals surface area contributed by atoms with E-state index in [1.165, 1.54) is 10.8 Å². The molecule has 6 aromatic rings. The number of benzene rings is 5. The molecule has 0 aliphatic carbocycles. The second-order valence-electron chi connectivity index (χ2n) is 9.02. The Morgan fingerprint density at radius 3 is 1.75 bits per heavy atom. The molecule has 0 spiro atoms. The average molecular weight is 473 g/mol. The van der Waals surface area contributed by atoms with Crippen molar-refractivity contribution in [2.75, 3.05) is 30.9 Å². The Morgan fingerprint density at radius 1 is 0.611 bits per heavy atom. The van der Waals surface area contributed by atoms with Gasteiger partial charge in [-0.15, -0.1) is 0 Å². The number of hydrogen-bond donors (Lipinski definition) is 2. The molecule has 1 aliphatic rings. The molecule has 0 saturated heterocycles. The molecule has 1 aromatic heterocycles. The standard InChI is InChI=1S/C30H24N4O2/c1-17-24-27(28(30-29(17)35-15-16-36-30)32-19-13-11-18(31-2)12-14-19)34-26-23-10-6-4-8-21(23)20-7-3-5-9-22(20)25(26)33-24/h3-14,31-32H,15-16H2,1-2H3. The molecule has 0 bridgehead atoms. The molecule has 0 fully saturated rings. The van der Waals surface area contributed by atoms with Crippen molar-refractivity contribution in [2.24, 2.45) is 0 Å². The maximum atomic E-state index is 6.16. The molecule has 0 radical (unpaired) electrons. The van der Waals surface area contributed by atoms with Crippen LogP contribution < -0.4 is 20.1 Å². The van der Waals surface area contributed by atoms with Crippen LogP contribution in [0.15, 0.2) is 72.8 Å². The molecule has 36 heavy (non-hydrogen) atoms. The number of aromatic nitrogens is 2. The maximum Gasteiger partial charge on any atom is 0.187 e. The first kappa shape index (κ1) is 20.8. The first-order valence-electron chi connectivity index (χ1n) is 12.1. The normalized spacial score (nSPS) is 12.9. The number of fused-ring (bicyclic) bond motifs is 8. The van der Waals surface area contributed by atoms with Gasteiger partial charge in [-0.25, -0.2) is 9.97 Å². The van der Waals surface area contributed by atoms with Crippen LogP contribution in [0, 0.1) is 6.92 Å². The highest BCUT2D eigenvalue weighted by atomic mass is 16.6. The Labute approximate surface area is 207 Å². The average Bonchev–Trinajstić information content (AvgIpc) is 2.95. The molecule has 0 amide bonds. The Kier molecular flexibility index (Phi) is 4.61. The zero-order valence-electron chi connectivity index (χ0n) is 20.1. The number of rotatable bonds is 3. The monoisotopic (exact) mass is 472 g/mol. The van der Waals surface area contributed by atoms with Crippen LogP contribution in [-0.4, -0.2) is 30.2 Å². The van der Waals surface area contributed by atoms with Crippen LogP contribution in [-0.2, 0) is 0 Å². The number of anilines is 3. The highest BCUT2D eigenvalue weighted by Crippen LogP contribution is 2.47. The zero-order chi connectivity index (χ0) is 24.2. The summed E-state index contributed by atoms with van der Waals surface area (Å²) in [6.07, 6.45) is 0. The summed E-state index contributed by atoms with van der Waals surface area (Å²) in [4.78, 5) is 10.5. The predicted molar refractivity (Wildman–Crippen MR) is 147 cm³/mol. The van der Waals surface area contributed by atoms with Crippen molar-refractivity contribution in [1.29, 1.82) is 0 Å². The molecule has 0 unspecified atom stereocenters. The molecule has 7 rings (SSSR count). The van der Waals surface area contributed by atoms with Gasteiger partial charge < -0.3 is 20.1 Å². The van der Waals surface area contributed by atoms with Gasteiger partial charge in [-0.05, 0) is 42.0 Å². The van der Waals surface area contributed by atoms with Crippen LogP contribution >= 0.6 is 0 Å². The number of aryl methyl sites for hydroxylation is 1. The van der Waals surface area contributed by atoms with Gasteiger partial charge >= 0.3 is 0 Å². The van der Waals surface area contributed by atoms with Crippen LogP contribution in [0.2, 0.25) is 0 Å². The predicted octanol–water partition coefficient (Wildman–Crippen LogP) is 6.95. The third-order valence-electron chi connectivity index (χ3n) is 6.94. The molecular weight excluding hydrogens is 448 g/mol. The summed E-state index contributed by atoms with van der Waals surface area (Å²) in [5, 5.41) is 11.2. The second kappa shape index (κ2) is 7.99. The van der Waals surface area contributed by atoms with E-state index < -0.39 is 0 Å². The van der Waals surface area contributed by atoms with Gasteiger partial charge in [0.1, 0.15) is 24.4 Å². The summed E-state index contributed by atoms with van der Waals surface area (Å²) in [5.41, 5.74) is 7.02. The Balaban J connectivity index is 1.60. The lowest BCUT2D eigenvalue weighted by Gasteiger charge is -2.25. The van der Waals surface area contributed by atoms with Crippen molar-refractivity contribution in [2.45, 2.75) is 6.92 Å². The van der Waals surface area contributed by atoms with Crippen molar-refractivity contribution in [3.05, 3.63) is 78.4 Å². The fraction of sp³-hybridized carbons (Fsp3) is 0.133. The van der Waals surface area contributed by atoms with Crippen molar-refractivity contribution >= 4 is 60.7 Å². The van der Waals surface area contributed by atoms with E-state index in [4.69, 9.17) is 19.4 Å². The summed E-state index contributed by atoms with van der Waals surface area (Å²) in [7, 11) is 1.91. The van der Waals surface area contributed by atoms with E-state index in [1.54, 1.807) is 0 Å². The van der Waals surface area contributed by atoms with Crippen LogP contribution in [0.3, 0.4) is 0 Å². The van der Waals surface area contributed by atoms with E-state index in [-0.39, 0.29) is 0 Å². The molecule has 5 aromatic carbocycles. The molecule has 2 N–H and O–H groups in total. The van der Waals surface area contributed by atoms with Crippen molar-refractivity contribution < 1.29 is 9.47 Å². The molecule has 176 valence electrons. The van der Waals surface area contributed by atoms with E-state index >= 15 is 0 Å². The summed E-state index contributed by atoms with van der Waals surface area (Å²) >= 11 is 0. The van der Waals surface area contributed by atoms with Crippen molar-refractivity contribution in [1.82, 2.24) is 9.97 Å². The quantitative estimate of drug-likeness (QED) is 0.214. The number of hydrogen-bond acceptors (Lipinski definition) is 6. The first-order valence-corrected chi connectivity index (χ1v) is 12.1. The van der Waals surface area contributed by atoms with Crippen LogP contribution in [0.4, 0.5) is 17.1 Å². The Morgan fingerprint density at radius 2 is 1.14 bits per heavy atom. The smallest absolute Gasteiger partial charge is 0.187 e. The van der Waals surface area contributed by atoms with Gasteiger partial charge in [0.15, 0.2) is 11.5 Å². The van der Waals surface area contributed by atoms with Gasteiger partial charge in [0.2, 0.25) is 0 Å². The van der Waals surface area contributed by atoms with Gasteiger partial charge in [0.25, 0.3) is 0 Å². The molecule has 6 heteroatoms. The Bertz CT molecular complexity index is 1810. The third-order valence-corrected chi connectivity index (χ3v) is 6.94. The maximum absolute atomic E-state index is 6.16. The Hall–Kier alpha value is -4.58. The van der Waals surface area contributed by atoms with E-state index in [2.05, 4.69) is 59.2 Å². The molecule has 2 heterocycles.